The second kappa shape index (κ2) is 7.83. The standard InChI is InChI=1S/C24H22ClF2N3O/c25-17-1-4-22(29-13-17)30-23(31)12-24(27)10-15-7-14(8-16(15)11-24)19-5-6-28-21-3-2-18(26)9-20(19)21/h1-6,9,13-16H,7-8,10-12H2,(H,29,30,31)/t14-,15-,16+,24?. The van der Waals surface area contributed by atoms with Crippen LogP contribution in [-0.4, -0.2) is 21.5 Å². The smallest absolute Gasteiger partial charge is 0.228 e. The zero-order chi connectivity index (χ0) is 21.6. The fraction of sp³-hybridized carbons (Fsp3) is 0.375. The van der Waals surface area contributed by atoms with Gasteiger partial charge in [-0.15, -0.1) is 0 Å². The molecule has 0 radical (unpaired) electrons. The first-order valence-electron chi connectivity index (χ1n) is 10.5. The van der Waals surface area contributed by atoms with Crippen molar-refractivity contribution >= 4 is 34.2 Å². The van der Waals surface area contributed by atoms with Crippen LogP contribution in [0.1, 0.15) is 43.6 Å². The Balaban J connectivity index is 1.25. The van der Waals surface area contributed by atoms with E-state index in [9.17, 15) is 9.18 Å². The maximum Gasteiger partial charge on any atom is 0.228 e. The van der Waals surface area contributed by atoms with Crippen molar-refractivity contribution in [2.24, 2.45) is 11.8 Å². The lowest BCUT2D eigenvalue weighted by Gasteiger charge is -2.22. The van der Waals surface area contributed by atoms with Crippen molar-refractivity contribution in [1.29, 1.82) is 0 Å². The molecule has 4 nitrogen and oxygen atoms in total. The third-order valence-electron chi connectivity index (χ3n) is 6.75. The minimum Gasteiger partial charge on any atom is -0.311 e. The van der Waals surface area contributed by atoms with Crippen LogP contribution in [-0.2, 0) is 4.79 Å². The zero-order valence-corrected chi connectivity index (χ0v) is 17.6. The Morgan fingerprint density at radius 1 is 1.13 bits per heavy atom. The summed E-state index contributed by atoms with van der Waals surface area (Å²) in [5, 5.41) is 3.97. The number of rotatable bonds is 4. The molecular weight excluding hydrogens is 420 g/mol. The number of carbonyl (C=O) groups excluding carboxylic acids is 1. The third-order valence-corrected chi connectivity index (χ3v) is 6.97. The number of nitrogens with one attached hydrogen (secondary N) is 1. The van der Waals surface area contributed by atoms with Crippen LogP contribution in [0.3, 0.4) is 0 Å². The summed E-state index contributed by atoms with van der Waals surface area (Å²) >= 11 is 5.80. The van der Waals surface area contributed by atoms with E-state index in [0.29, 0.717) is 23.7 Å². The molecule has 4 atom stereocenters. The number of hydrogen-bond acceptors (Lipinski definition) is 3. The van der Waals surface area contributed by atoms with Crippen molar-refractivity contribution in [2.45, 2.75) is 43.7 Å². The van der Waals surface area contributed by atoms with E-state index < -0.39 is 5.67 Å². The van der Waals surface area contributed by atoms with Crippen LogP contribution in [0, 0.1) is 17.7 Å². The summed E-state index contributed by atoms with van der Waals surface area (Å²) in [6.45, 7) is 0. The van der Waals surface area contributed by atoms with Crippen molar-refractivity contribution < 1.29 is 13.6 Å². The van der Waals surface area contributed by atoms with Crippen LogP contribution >= 0.6 is 11.6 Å². The predicted octanol–water partition coefficient (Wildman–Crippen LogP) is 6.06. The normalized spacial score (nSPS) is 27.4. The first kappa shape index (κ1) is 20.3. The van der Waals surface area contributed by atoms with Gasteiger partial charge in [-0.2, -0.15) is 0 Å². The largest absolute Gasteiger partial charge is 0.311 e. The van der Waals surface area contributed by atoms with Crippen LogP contribution in [0.25, 0.3) is 10.9 Å². The highest BCUT2D eigenvalue weighted by Crippen LogP contribution is 2.56. The summed E-state index contributed by atoms with van der Waals surface area (Å²) in [5.74, 6) is 0.446. The van der Waals surface area contributed by atoms with Crippen LogP contribution in [0.4, 0.5) is 14.6 Å². The van der Waals surface area contributed by atoms with Gasteiger partial charge in [0.05, 0.1) is 17.0 Å². The summed E-state index contributed by atoms with van der Waals surface area (Å²) in [6.07, 6.45) is 5.51. The second-order valence-corrected chi connectivity index (χ2v) is 9.33. The lowest BCUT2D eigenvalue weighted by molar-refractivity contribution is -0.118. The number of amides is 1. The lowest BCUT2D eigenvalue weighted by atomic mass is 9.88. The molecule has 0 saturated heterocycles. The molecule has 2 aliphatic rings. The number of alkyl halides is 1. The summed E-state index contributed by atoms with van der Waals surface area (Å²) in [7, 11) is 0. The van der Waals surface area contributed by atoms with E-state index in [1.54, 1.807) is 30.5 Å². The van der Waals surface area contributed by atoms with Crippen molar-refractivity contribution in [3.63, 3.8) is 0 Å². The van der Waals surface area contributed by atoms with Crippen LogP contribution in [0.2, 0.25) is 5.02 Å². The van der Waals surface area contributed by atoms with Crippen LogP contribution in [0.15, 0.2) is 48.8 Å². The van der Waals surface area contributed by atoms with E-state index in [2.05, 4.69) is 15.3 Å². The molecule has 2 aliphatic carbocycles. The van der Waals surface area contributed by atoms with Crippen molar-refractivity contribution in [3.05, 3.63) is 65.2 Å². The molecule has 1 aromatic carbocycles. The number of hydrogen-bond donors (Lipinski definition) is 1. The Kier molecular flexibility index (Phi) is 5.13. The zero-order valence-electron chi connectivity index (χ0n) is 16.8. The molecule has 2 heterocycles. The molecule has 0 spiro atoms. The fourth-order valence-corrected chi connectivity index (χ4v) is 5.67. The van der Waals surface area contributed by atoms with E-state index in [1.165, 1.54) is 12.3 Å². The molecule has 0 aliphatic heterocycles. The summed E-state index contributed by atoms with van der Waals surface area (Å²) < 4.78 is 29.3. The highest BCUT2D eigenvalue weighted by molar-refractivity contribution is 6.30. The number of fused-ring (bicyclic) bond motifs is 2. The number of anilines is 1. The number of carbonyl (C=O) groups is 1. The molecule has 1 amide bonds. The monoisotopic (exact) mass is 441 g/mol. The Morgan fingerprint density at radius 2 is 1.90 bits per heavy atom. The minimum atomic E-state index is -1.50. The van der Waals surface area contributed by atoms with Gasteiger partial charge >= 0.3 is 0 Å². The van der Waals surface area contributed by atoms with E-state index >= 15 is 4.39 Å². The molecule has 31 heavy (non-hydrogen) atoms. The molecule has 1 N–H and O–H groups in total. The Morgan fingerprint density at radius 3 is 2.61 bits per heavy atom. The second-order valence-electron chi connectivity index (χ2n) is 8.90. The summed E-state index contributed by atoms with van der Waals surface area (Å²) in [6, 6.07) is 9.85. The molecule has 2 saturated carbocycles. The first-order chi connectivity index (χ1) is 14.9. The van der Waals surface area contributed by atoms with E-state index in [4.69, 9.17) is 11.6 Å². The topological polar surface area (TPSA) is 54.9 Å². The number of benzene rings is 1. The number of pyridine rings is 2. The van der Waals surface area contributed by atoms with E-state index in [0.717, 1.165) is 29.3 Å². The van der Waals surface area contributed by atoms with Gasteiger partial charge in [0.1, 0.15) is 17.3 Å². The van der Waals surface area contributed by atoms with Gasteiger partial charge in [0.15, 0.2) is 0 Å². The molecule has 0 bridgehead atoms. The SMILES string of the molecule is O=C(CC1(F)C[C@H]2C[C@@H](c3ccnc4ccc(F)cc34)C[C@H]2C1)Nc1ccc(Cl)cn1. The van der Waals surface area contributed by atoms with Gasteiger partial charge in [0.2, 0.25) is 5.91 Å². The van der Waals surface area contributed by atoms with Crippen LogP contribution < -0.4 is 5.32 Å². The average Bonchev–Trinajstić information content (AvgIpc) is 3.23. The van der Waals surface area contributed by atoms with Gasteiger partial charge in [0, 0.05) is 17.8 Å². The average molecular weight is 442 g/mol. The minimum absolute atomic E-state index is 0.168. The molecule has 7 heteroatoms. The lowest BCUT2D eigenvalue weighted by Crippen LogP contribution is -2.28. The number of nitrogens with zero attached hydrogens (tertiary/aromatic N) is 2. The van der Waals surface area contributed by atoms with Crippen molar-refractivity contribution in [3.8, 4) is 0 Å². The van der Waals surface area contributed by atoms with Gasteiger partial charge < -0.3 is 5.32 Å². The van der Waals surface area contributed by atoms with E-state index in [-0.39, 0.29) is 35.9 Å². The maximum atomic E-state index is 15.5. The number of aromatic nitrogens is 2. The highest BCUT2D eigenvalue weighted by Gasteiger charge is 2.51. The molecule has 5 rings (SSSR count). The number of halogens is 3. The highest BCUT2D eigenvalue weighted by atomic mass is 35.5. The van der Waals surface area contributed by atoms with Gasteiger partial charge in [0.25, 0.3) is 0 Å². The molecule has 3 aromatic rings. The molecule has 2 aromatic heterocycles. The molecule has 1 unspecified atom stereocenters. The molecular formula is C24H22ClF2N3O. The van der Waals surface area contributed by atoms with Gasteiger partial charge in [-0.05, 0) is 85.4 Å². The van der Waals surface area contributed by atoms with Gasteiger partial charge in [-0.3, -0.25) is 9.78 Å². The van der Waals surface area contributed by atoms with Crippen molar-refractivity contribution in [2.75, 3.05) is 5.32 Å². The van der Waals surface area contributed by atoms with Gasteiger partial charge in [-0.1, -0.05) is 11.6 Å². The molecule has 160 valence electrons. The van der Waals surface area contributed by atoms with Gasteiger partial charge in [-0.25, -0.2) is 13.8 Å². The Bertz CT molecular complexity index is 1120. The first-order valence-corrected chi connectivity index (χ1v) is 10.9. The molecule has 2 fully saturated rings. The Labute approximate surface area is 184 Å². The summed E-state index contributed by atoms with van der Waals surface area (Å²) in [4.78, 5) is 20.7. The Hall–Kier alpha value is -2.60. The van der Waals surface area contributed by atoms with Crippen molar-refractivity contribution in [1.82, 2.24) is 9.97 Å². The third kappa shape index (κ3) is 4.13. The summed E-state index contributed by atoms with van der Waals surface area (Å²) in [5.41, 5.74) is 0.377. The fourth-order valence-electron chi connectivity index (χ4n) is 5.55. The maximum absolute atomic E-state index is 15.5. The predicted molar refractivity (Wildman–Crippen MR) is 116 cm³/mol. The van der Waals surface area contributed by atoms with Crippen LogP contribution in [0.5, 0.6) is 0 Å². The quantitative estimate of drug-likeness (QED) is 0.535. The van der Waals surface area contributed by atoms with E-state index in [1.807, 2.05) is 6.07 Å².